The van der Waals surface area contributed by atoms with E-state index in [1.807, 2.05) is 20.8 Å². The van der Waals surface area contributed by atoms with E-state index in [1.165, 1.54) is 6.42 Å². The standard InChI is InChI=1S/C15H21N3O2/c1-9-10(2)19-11(3)12(9)13-17-14(18-20-13)15(16)7-5-4-6-8-15/h4-8,16H2,1-3H3. The van der Waals surface area contributed by atoms with E-state index in [0.29, 0.717) is 11.7 Å². The lowest BCUT2D eigenvalue weighted by Crippen LogP contribution is -2.39. The van der Waals surface area contributed by atoms with E-state index in [0.717, 1.165) is 48.3 Å². The Morgan fingerprint density at radius 1 is 1.05 bits per heavy atom. The smallest absolute Gasteiger partial charge is 0.261 e. The Bertz CT molecular complexity index is 621. The molecule has 5 nitrogen and oxygen atoms in total. The van der Waals surface area contributed by atoms with Gasteiger partial charge in [0.05, 0.1) is 11.1 Å². The zero-order chi connectivity index (χ0) is 14.3. The molecule has 0 aliphatic heterocycles. The molecule has 3 rings (SSSR count). The van der Waals surface area contributed by atoms with Crippen molar-refractivity contribution in [1.29, 1.82) is 0 Å². The van der Waals surface area contributed by atoms with Crippen LogP contribution in [0.15, 0.2) is 8.94 Å². The van der Waals surface area contributed by atoms with Crippen LogP contribution in [0.4, 0.5) is 0 Å². The van der Waals surface area contributed by atoms with Crippen molar-refractivity contribution >= 4 is 0 Å². The maximum absolute atomic E-state index is 6.44. The maximum atomic E-state index is 6.44. The molecule has 0 aromatic carbocycles. The second-order valence-electron chi connectivity index (χ2n) is 5.85. The first-order chi connectivity index (χ1) is 9.51. The van der Waals surface area contributed by atoms with E-state index >= 15 is 0 Å². The van der Waals surface area contributed by atoms with Crippen LogP contribution in [0.2, 0.25) is 0 Å². The van der Waals surface area contributed by atoms with Crippen LogP contribution in [-0.4, -0.2) is 10.1 Å². The number of nitrogens with two attached hydrogens (primary N) is 1. The van der Waals surface area contributed by atoms with Gasteiger partial charge in [0.25, 0.3) is 5.89 Å². The van der Waals surface area contributed by atoms with Crippen LogP contribution < -0.4 is 5.73 Å². The van der Waals surface area contributed by atoms with Crippen LogP contribution in [0.25, 0.3) is 11.5 Å². The Kier molecular flexibility index (Phi) is 3.17. The molecule has 108 valence electrons. The van der Waals surface area contributed by atoms with Crippen molar-refractivity contribution in [2.45, 2.75) is 58.4 Å². The van der Waals surface area contributed by atoms with E-state index in [1.54, 1.807) is 0 Å². The minimum Gasteiger partial charge on any atom is -0.466 e. The van der Waals surface area contributed by atoms with Gasteiger partial charge in [-0.3, -0.25) is 0 Å². The van der Waals surface area contributed by atoms with Crippen LogP contribution in [-0.2, 0) is 5.54 Å². The summed E-state index contributed by atoms with van der Waals surface area (Å²) in [4.78, 5) is 4.55. The fourth-order valence-electron chi connectivity index (χ4n) is 3.04. The second kappa shape index (κ2) is 4.74. The highest BCUT2D eigenvalue weighted by Gasteiger charge is 2.35. The topological polar surface area (TPSA) is 78.1 Å². The van der Waals surface area contributed by atoms with Crippen molar-refractivity contribution in [3.05, 3.63) is 22.9 Å². The van der Waals surface area contributed by atoms with Gasteiger partial charge in [-0.15, -0.1) is 0 Å². The van der Waals surface area contributed by atoms with Crippen molar-refractivity contribution in [2.75, 3.05) is 0 Å². The Morgan fingerprint density at radius 3 is 2.35 bits per heavy atom. The van der Waals surface area contributed by atoms with Crippen LogP contribution in [0.3, 0.4) is 0 Å². The maximum Gasteiger partial charge on any atom is 0.261 e. The van der Waals surface area contributed by atoms with E-state index < -0.39 is 5.54 Å². The van der Waals surface area contributed by atoms with Gasteiger partial charge in [-0.1, -0.05) is 24.4 Å². The van der Waals surface area contributed by atoms with Gasteiger partial charge < -0.3 is 14.7 Å². The molecule has 2 aromatic rings. The van der Waals surface area contributed by atoms with E-state index in [-0.39, 0.29) is 0 Å². The fourth-order valence-corrected chi connectivity index (χ4v) is 3.04. The molecular weight excluding hydrogens is 254 g/mol. The van der Waals surface area contributed by atoms with E-state index in [2.05, 4.69) is 10.1 Å². The number of aryl methyl sites for hydroxylation is 2. The highest BCUT2D eigenvalue weighted by molar-refractivity contribution is 5.61. The van der Waals surface area contributed by atoms with Gasteiger partial charge in [-0.25, -0.2) is 0 Å². The zero-order valence-electron chi connectivity index (χ0n) is 12.3. The quantitative estimate of drug-likeness (QED) is 0.909. The number of rotatable bonds is 2. The summed E-state index contributed by atoms with van der Waals surface area (Å²) < 4.78 is 11.1. The Hall–Kier alpha value is -1.62. The number of furan rings is 1. The molecule has 2 aromatic heterocycles. The summed E-state index contributed by atoms with van der Waals surface area (Å²) >= 11 is 0. The molecule has 1 aliphatic rings. The van der Waals surface area contributed by atoms with Crippen LogP contribution in [0.5, 0.6) is 0 Å². The predicted molar refractivity (Wildman–Crippen MR) is 75.2 cm³/mol. The largest absolute Gasteiger partial charge is 0.466 e. The molecule has 0 bridgehead atoms. The highest BCUT2D eigenvalue weighted by atomic mass is 16.5. The molecular formula is C15H21N3O2. The molecule has 0 atom stereocenters. The van der Waals surface area contributed by atoms with Crippen LogP contribution in [0, 0.1) is 20.8 Å². The lowest BCUT2D eigenvalue weighted by atomic mass is 9.82. The molecule has 0 saturated heterocycles. The van der Waals surface area contributed by atoms with Crippen LogP contribution >= 0.6 is 0 Å². The van der Waals surface area contributed by atoms with Crippen molar-refractivity contribution < 1.29 is 8.94 Å². The highest BCUT2D eigenvalue weighted by Crippen LogP contribution is 2.36. The van der Waals surface area contributed by atoms with Crippen LogP contribution in [0.1, 0.15) is 55.0 Å². The summed E-state index contributed by atoms with van der Waals surface area (Å²) in [7, 11) is 0. The summed E-state index contributed by atoms with van der Waals surface area (Å²) in [5.74, 6) is 2.84. The van der Waals surface area contributed by atoms with Gasteiger partial charge in [-0.2, -0.15) is 4.98 Å². The first kappa shape index (κ1) is 13.4. The number of nitrogens with zero attached hydrogens (tertiary/aromatic N) is 2. The third-order valence-electron chi connectivity index (χ3n) is 4.39. The second-order valence-corrected chi connectivity index (χ2v) is 5.85. The molecule has 1 saturated carbocycles. The van der Waals surface area contributed by atoms with Crippen molar-refractivity contribution in [3.8, 4) is 11.5 Å². The molecule has 0 radical (unpaired) electrons. The van der Waals surface area contributed by atoms with Gasteiger partial charge >= 0.3 is 0 Å². The molecule has 2 N–H and O–H groups in total. The molecule has 0 spiro atoms. The fraction of sp³-hybridized carbons (Fsp3) is 0.600. The third kappa shape index (κ3) is 2.06. The Labute approximate surface area is 118 Å². The van der Waals surface area contributed by atoms with Gasteiger partial charge in [0.15, 0.2) is 5.82 Å². The minimum absolute atomic E-state index is 0.430. The third-order valence-corrected chi connectivity index (χ3v) is 4.39. The molecule has 20 heavy (non-hydrogen) atoms. The van der Waals surface area contributed by atoms with Crippen molar-refractivity contribution in [1.82, 2.24) is 10.1 Å². The monoisotopic (exact) mass is 275 g/mol. The molecule has 0 amide bonds. The average molecular weight is 275 g/mol. The first-order valence-corrected chi connectivity index (χ1v) is 7.21. The normalized spacial score (nSPS) is 18.4. The summed E-state index contributed by atoms with van der Waals surface area (Å²) in [6.45, 7) is 5.86. The SMILES string of the molecule is Cc1oc(C)c(-c2nc(C3(N)CCCCC3)no2)c1C. The van der Waals surface area contributed by atoms with Gasteiger partial charge in [0, 0.05) is 5.56 Å². The first-order valence-electron chi connectivity index (χ1n) is 7.21. The van der Waals surface area contributed by atoms with E-state index in [9.17, 15) is 0 Å². The predicted octanol–water partition coefficient (Wildman–Crippen LogP) is 3.37. The van der Waals surface area contributed by atoms with Gasteiger partial charge in [0.1, 0.15) is 11.5 Å². The summed E-state index contributed by atoms with van der Waals surface area (Å²) in [6, 6.07) is 0. The Balaban J connectivity index is 1.98. The molecule has 2 heterocycles. The van der Waals surface area contributed by atoms with Gasteiger partial charge in [0.2, 0.25) is 0 Å². The minimum atomic E-state index is -0.430. The summed E-state index contributed by atoms with van der Waals surface area (Å²) in [6.07, 6.45) is 5.35. The van der Waals surface area contributed by atoms with Crippen molar-refractivity contribution in [2.24, 2.45) is 5.73 Å². The molecule has 0 unspecified atom stereocenters. The van der Waals surface area contributed by atoms with Gasteiger partial charge in [-0.05, 0) is 33.6 Å². The van der Waals surface area contributed by atoms with Crippen molar-refractivity contribution in [3.63, 3.8) is 0 Å². The number of hydrogen-bond acceptors (Lipinski definition) is 5. The lowest BCUT2D eigenvalue weighted by molar-refractivity contribution is 0.275. The summed E-state index contributed by atoms with van der Waals surface area (Å²) in [5.41, 5.74) is 7.97. The number of aromatic nitrogens is 2. The zero-order valence-corrected chi connectivity index (χ0v) is 12.3. The Morgan fingerprint density at radius 2 is 1.75 bits per heavy atom. The average Bonchev–Trinajstić information content (AvgIpc) is 2.97. The van der Waals surface area contributed by atoms with E-state index in [4.69, 9.17) is 14.7 Å². The number of hydrogen-bond donors (Lipinski definition) is 1. The lowest BCUT2D eigenvalue weighted by Gasteiger charge is -2.29. The molecule has 1 fully saturated rings. The molecule has 5 heteroatoms. The summed E-state index contributed by atoms with van der Waals surface area (Å²) in [5, 5.41) is 4.13. The molecule has 1 aliphatic carbocycles.